The van der Waals surface area contributed by atoms with Crippen LogP contribution in [0.1, 0.15) is 27.0 Å². The van der Waals surface area contributed by atoms with Crippen molar-refractivity contribution in [2.24, 2.45) is 0 Å². The van der Waals surface area contributed by atoms with Crippen molar-refractivity contribution in [2.45, 2.75) is 20.5 Å². The van der Waals surface area contributed by atoms with Crippen molar-refractivity contribution in [1.82, 2.24) is 0 Å². The number of carbonyl (C=O) groups is 1. The largest absolute Gasteiger partial charge is 0.485 e. The highest BCUT2D eigenvalue weighted by molar-refractivity contribution is 5.79. The van der Waals surface area contributed by atoms with E-state index in [0.717, 1.165) is 16.7 Å². The molecule has 0 atom stereocenters. The van der Waals surface area contributed by atoms with Crippen molar-refractivity contribution in [3.8, 4) is 5.75 Å². The van der Waals surface area contributed by atoms with Gasteiger partial charge in [-0.25, -0.2) is 4.39 Å². The zero-order valence-corrected chi connectivity index (χ0v) is 10.9. The fraction of sp³-hybridized carbons (Fsp3) is 0.188. The summed E-state index contributed by atoms with van der Waals surface area (Å²) in [5.74, 6) is -0.504. The highest BCUT2D eigenvalue weighted by Crippen LogP contribution is 2.23. The van der Waals surface area contributed by atoms with Crippen molar-refractivity contribution < 1.29 is 13.9 Å². The Labute approximate surface area is 111 Å². The minimum absolute atomic E-state index is 0.0140. The van der Waals surface area contributed by atoms with E-state index in [2.05, 4.69) is 0 Å². The van der Waals surface area contributed by atoms with Crippen LogP contribution in [0.25, 0.3) is 0 Å². The Morgan fingerprint density at radius 3 is 2.37 bits per heavy atom. The zero-order valence-electron chi connectivity index (χ0n) is 10.9. The monoisotopic (exact) mass is 258 g/mol. The molecule has 0 aliphatic rings. The second kappa shape index (κ2) is 5.65. The number of ether oxygens (including phenoxy) is 1. The second-order valence-electron chi connectivity index (χ2n) is 4.44. The summed E-state index contributed by atoms with van der Waals surface area (Å²) < 4.78 is 19.2. The fourth-order valence-corrected chi connectivity index (χ4v) is 1.99. The van der Waals surface area contributed by atoms with E-state index in [4.69, 9.17) is 4.74 Å². The van der Waals surface area contributed by atoms with Crippen LogP contribution in [0.3, 0.4) is 0 Å². The highest BCUT2D eigenvalue weighted by atomic mass is 19.1. The van der Waals surface area contributed by atoms with Crippen LogP contribution in [0.4, 0.5) is 4.39 Å². The lowest BCUT2D eigenvalue weighted by molar-refractivity contribution is 0.111. The lowest BCUT2D eigenvalue weighted by atomic mass is 10.0. The van der Waals surface area contributed by atoms with Crippen LogP contribution in [-0.2, 0) is 6.61 Å². The Morgan fingerprint density at radius 1 is 1.11 bits per heavy atom. The van der Waals surface area contributed by atoms with Gasteiger partial charge in [0, 0.05) is 0 Å². The van der Waals surface area contributed by atoms with Crippen LogP contribution >= 0.6 is 0 Å². The number of hydrogen-bond acceptors (Lipinski definition) is 2. The molecular weight excluding hydrogens is 243 g/mol. The van der Waals surface area contributed by atoms with Gasteiger partial charge < -0.3 is 4.74 Å². The van der Waals surface area contributed by atoms with Crippen LogP contribution in [0.5, 0.6) is 5.75 Å². The van der Waals surface area contributed by atoms with Gasteiger partial charge in [0.1, 0.15) is 6.61 Å². The maximum Gasteiger partial charge on any atom is 0.165 e. The third-order valence-electron chi connectivity index (χ3n) is 3.13. The molecule has 0 saturated heterocycles. The third kappa shape index (κ3) is 2.81. The van der Waals surface area contributed by atoms with Gasteiger partial charge in [-0.1, -0.05) is 24.3 Å². The molecule has 19 heavy (non-hydrogen) atoms. The van der Waals surface area contributed by atoms with Crippen molar-refractivity contribution in [3.63, 3.8) is 0 Å². The van der Waals surface area contributed by atoms with Gasteiger partial charge in [0.2, 0.25) is 0 Å². The van der Waals surface area contributed by atoms with Crippen LogP contribution in [0.15, 0.2) is 36.4 Å². The van der Waals surface area contributed by atoms with Crippen molar-refractivity contribution in [1.29, 1.82) is 0 Å². The fourth-order valence-electron chi connectivity index (χ4n) is 1.99. The second-order valence-corrected chi connectivity index (χ2v) is 4.44. The molecule has 0 unspecified atom stereocenters. The number of rotatable bonds is 4. The Morgan fingerprint density at radius 2 is 1.74 bits per heavy atom. The topological polar surface area (TPSA) is 26.3 Å². The number of aryl methyl sites for hydroxylation is 2. The lowest BCUT2D eigenvalue weighted by Crippen LogP contribution is -2.03. The number of halogens is 1. The molecule has 0 amide bonds. The number of carbonyl (C=O) groups excluding carboxylic acids is 1. The zero-order chi connectivity index (χ0) is 13.8. The van der Waals surface area contributed by atoms with Gasteiger partial charge in [0.25, 0.3) is 0 Å². The smallest absolute Gasteiger partial charge is 0.165 e. The molecule has 2 rings (SSSR count). The first-order chi connectivity index (χ1) is 9.13. The number of benzene rings is 2. The molecule has 2 nitrogen and oxygen atoms in total. The average molecular weight is 258 g/mol. The summed E-state index contributed by atoms with van der Waals surface area (Å²) in [7, 11) is 0. The Kier molecular flexibility index (Phi) is 3.95. The number of hydrogen-bond donors (Lipinski definition) is 0. The van der Waals surface area contributed by atoms with Crippen molar-refractivity contribution in [2.75, 3.05) is 0 Å². The van der Waals surface area contributed by atoms with Gasteiger partial charge in [-0.2, -0.15) is 0 Å². The predicted molar refractivity (Wildman–Crippen MR) is 72.0 cm³/mol. The van der Waals surface area contributed by atoms with Gasteiger partial charge in [0.05, 0.1) is 5.56 Å². The Hall–Kier alpha value is -2.16. The molecule has 0 aliphatic heterocycles. The molecule has 2 aromatic rings. The molecule has 0 aliphatic carbocycles. The first-order valence-electron chi connectivity index (χ1n) is 6.05. The molecule has 0 bridgehead atoms. The van der Waals surface area contributed by atoms with E-state index in [9.17, 15) is 9.18 Å². The van der Waals surface area contributed by atoms with Gasteiger partial charge in [-0.05, 0) is 42.7 Å². The Balaban J connectivity index is 2.26. The number of aldehydes is 1. The van der Waals surface area contributed by atoms with Crippen LogP contribution < -0.4 is 4.74 Å². The third-order valence-corrected chi connectivity index (χ3v) is 3.13. The SMILES string of the molecule is Cc1cccc(C)c1COc1c(F)cccc1C=O. The number of para-hydroxylation sites is 1. The van der Waals surface area contributed by atoms with Gasteiger partial charge in [0.15, 0.2) is 17.9 Å². The molecule has 2 aromatic carbocycles. The molecule has 0 fully saturated rings. The summed E-state index contributed by atoms with van der Waals surface area (Å²) >= 11 is 0. The summed E-state index contributed by atoms with van der Waals surface area (Å²) in [4.78, 5) is 10.9. The molecule has 0 spiro atoms. The summed E-state index contributed by atoms with van der Waals surface area (Å²) in [5.41, 5.74) is 3.42. The quantitative estimate of drug-likeness (QED) is 0.779. The molecule has 0 aromatic heterocycles. The van der Waals surface area contributed by atoms with E-state index in [1.807, 2.05) is 32.0 Å². The van der Waals surface area contributed by atoms with Crippen molar-refractivity contribution >= 4 is 6.29 Å². The van der Waals surface area contributed by atoms with Gasteiger partial charge in [-0.3, -0.25) is 4.79 Å². The molecule has 0 radical (unpaired) electrons. The highest BCUT2D eigenvalue weighted by Gasteiger charge is 2.10. The Bertz CT molecular complexity index is 585. The van der Waals surface area contributed by atoms with Crippen LogP contribution in [0, 0.1) is 19.7 Å². The summed E-state index contributed by atoms with van der Waals surface area (Å²) in [6.45, 7) is 4.21. The van der Waals surface area contributed by atoms with Crippen LogP contribution in [-0.4, -0.2) is 6.29 Å². The maximum absolute atomic E-state index is 13.7. The van der Waals surface area contributed by atoms with Crippen molar-refractivity contribution in [3.05, 3.63) is 64.5 Å². The predicted octanol–water partition coefficient (Wildman–Crippen LogP) is 3.83. The minimum Gasteiger partial charge on any atom is -0.485 e. The van der Waals surface area contributed by atoms with E-state index in [-0.39, 0.29) is 17.9 Å². The van der Waals surface area contributed by atoms with Crippen LogP contribution in [0.2, 0.25) is 0 Å². The first kappa shape index (κ1) is 13.3. The lowest BCUT2D eigenvalue weighted by Gasteiger charge is -2.13. The minimum atomic E-state index is -0.518. The molecule has 98 valence electrons. The first-order valence-corrected chi connectivity index (χ1v) is 6.05. The molecule has 3 heteroatoms. The summed E-state index contributed by atoms with van der Waals surface area (Å²) in [6, 6.07) is 10.2. The van der Waals surface area contributed by atoms with E-state index >= 15 is 0 Å². The normalized spacial score (nSPS) is 10.3. The maximum atomic E-state index is 13.7. The van der Waals surface area contributed by atoms with E-state index in [1.165, 1.54) is 18.2 Å². The standard InChI is InChI=1S/C16H15FO2/c1-11-5-3-6-12(2)14(11)10-19-16-13(9-18)7-4-8-15(16)17/h3-9H,10H2,1-2H3. The average Bonchev–Trinajstić information content (AvgIpc) is 2.39. The molecule has 0 heterocycles. The summed E-state index contributed by atoms with van der Waals surface area (Å²) in [6.07, 6.45) is 0.600. The van der Waals surface area contributed by atoms with E-state index in [0.29, 0.717) is 6.29 Å². The molecular formula is C16H15FO2. The molecule has 0 N–H and O–H groups in total. The molecule has 0 saturated carbocycles. The van der Waals surface area contributed by atoms with E-state index in [1.54, 1.807) is 0 Å². The van der Waals surface area contributed by atoms with Gasteiger partial charge in [-0.15, -0.1) is 0 Å². The van der Waals surface area contributed by atoms with E-state index < -0.39 is 5.82 Å². The van der Waals surface area contributed by atoms with Gasteiger partial charge >= 0.3 is 0 Å². The summed E-state index contributed by atoms with van der Waals surface area (Å²) in [5, 5.41) is 0.